The number of rotatable bonds is 6. The number of hydrogen-bond acceptors (Lipinski definition) is 2. The minimum Gasteiger partial charge on any atom is -0.394 e. The summed E-state index contributed by atoms with van der Waals surface area (Å²) in [6.07, 6.45) is 3.65. The van der Waals surface area contributed by atoms with E-state index < -0.39 is 0 Å². The Morgan fingerprint density at radius 1 is 1.29 bits per heavy atom. The molecule has 94 valence electrons. The van der Waals surface area contributed by atoms with Gasteiger partial charge in [0.25, 0.3) is 0 Å². The summed E-state index contributed by atoms with van der Waals surface area (Å²) >= 11 is 0. The summed E-state index contributed by atoms with van der Waals surface area (Å²) in [5, 5.41) is 12.8. The molecule has 0 aliphatic heterocycles. The largest absolute Gasteiger partial charge is 0.394 e. The van der Waals surface area contributed by atoms with Crippen LogP contribution in [0.1, 0.15) is 50.2 Å². The molecular formula is C15H23NO. The maximum atomic E-state index is 9.33. The van der Waals surface area contributed by atoms with Gasteiger partial charge in [-0.25, -0.2) is 0 Å². The molecule has 1 aromatic rings. The smallest absolute Gasteiger partial charge is 0.0610 e. The Labute approximate surface area is 104 Å². The Bertz CT molecular complexity index is 350. The van der Waals surface area contributed by atoms with Crippen LogP contribution in [0.3, 0.4) is 0 Å². The fourth-order valence-electron chi connectivity index (χ4n) is 1.93. The van der Waals surface area contributed by atoms with E-state index in [0.29, 0.717) is 0 Å². The average Bonchev–Trinajstić information content (AvgIpc) is 3.21. The van der Waals surface area contributed by atoms with Crippen molar-refractivity contribution in [2.75, 3.05) is 6.61 Å². The van der Waals surface area contributed by atoms with E-state index >= 15 is 0 Å². The lowest BCUT2D eigenvalue weighted by atomic mass is 9.99. The van der Waals surface area contributed by atoms with Crippen molar-refractivity contribution in [2.24, 2.45) is 0 Å². The molecular weight excluding hydrogens is 210 g/mol. The van der Waals surface area contributed by atoms with Gasteiger partial charge in [0.2, 0.25) is 0 Å². The molecule has 2 heteroatoms. The van der Waals surface area contributed by atoms with Gasteiger partial charge in [0.15, 0.2) is 0 Å². The second kappa shape index (κ2) is 5.19. The van der Waals surface area contributed by atoms with E-state index in [1.165, 1.54) is 24.0 Å². The van der Waals surface area contributed by atoms with Gasteiger partial charge in [0, 0.05) is 12.1 Å². The summed E-state index contributed by atoms with van der Waals surface area (Å²) in [4.78, 5) is 0. The number of aliphatic hydroxyl groups is 1. The molecule has 0 radical (unpaired) electrons. The van der Waals surface area contributed by atoms with Gasteiger partial charge in [0.05, 0.1) is 6.61 Å². The van der Waals surface area contributed by atoms with Crippen LogP contribution >= 0.6 is 0 Å². The van der Waals surface area contributed by atoms with E-state index in [9.17, 15) is 5.11 Å². The van der Waals surface area contributed by atoms with Gasteiger partial charge in [-0.2, -0.15) is 0 Å². The predicted octanol–water partition coefficient (Wildman–Crippen LogP) is 2.81. The molecule has 1 aromatic carbocycles. The van der Waals surface area contributed by atoms with Crippen molar-refractivity contribution in [1.82, 2.24) is 5.32 Å². The highest BCUT2D eigenvalue weighted by atomic mass is 16.3. The third-order valence-corrected chi connectivity index (χ3v) is 3.88. The molecule has 1 unspecified atom stereocenters. The molecule has 2 rings (SSSR count). The van der Waals surface area contributed by atoms with E-state index in [4.69, 9.17) is 0 Å². The van der Waals surface area contributed by atoms with E-state index in [0.717, 1.165) is 18.9 Å². The van der Waals surface area contributed by atoms with E-state index in [1.807, 2.05) is 0 Å². The van der Waals surface area contributed by atoms with Crippen molar-refractivity contribution in [2.45, 2.75) is 51.1 Å². The van der Waals surface area contributed by atoms with Gasteiger partial charge >= 0.3 is 0 Å². The van der Waals surface area contributed by atoms with Crippen molar-refractivity contribution in [1.29, 1.82) is 0 Å². The molecule has 0 heterocycles. The first-order valence-electron chi connectivity index (χ1n) is 6.61. The number of aliphatic hydroxyl groups excluding tert-OH is 1. The molecule has 2 N–H and O–H groups in total. The Morgan fingerprint density at radius 3 is 2.41 bits per heavy atom. The summed E-state index contributed by atoms with van der Waals surface area (Å²) in [5.41, 5.74) is 2.62. The molecule has 1 fully saturated rings. The SMILES string of the molecule is CCC(C)(CO)NCc1ccc(C2CC2)cc1. The molecule has 0 bridgehead atoms. The van der Waals surface area contributed by atoms with E-state index in [1.54, 1.807) is 0 Å². The van der Waals surface area contributed by atoms with Crippen LogP contribution in [-0.2, 0) is 6.54 Å². The topological polar surface area (TPSA) is 32.3 Å². The standard InChI is InChI=1S/C15H23NO/c1-3-15(2,11-17)16-10-12-4-6-13(7-5-12)14-8-9-14/h4-7,14,16-17H,3,8-11H2,1-2H3. The normalized spacial score (nSPS) is 19.0. The molecule has 17 heavy (non-hydrogen) atoms. The van der Waals surface area contributed by atoms with Crippen LogP contribution in [0, 0.1) is 0 Å². The minimum atomic E-state index is -0.158. The first-order valence-corrected chi connectivity index (χ1v) is 6.61. The second-order valence-electron chi connectivity index (χ2n) is 5.44. The molecule has 1 saturated carbocycles. The highest BCUT2D eigenvalue weighted by Crippen LogP contribution is 2.39. The monoisotopic (exact) mass is 233 g/mol. The van der Waals surface area contributed by atoms with Gasteiger partial charge in [-0.05, 0) is 43.2 Å². The molecule has 0 spiro atoms. The molecule has 0 amide bonds. The Balaban J connectivity index is 1.90. The number of nitrogens with one attached hydrogen (secondary N) is 1. The van der Waals surface area contributed by atoms with Gasteiger partial charge in [-0.3, -0.25) is 0 Å². The predicted molar refractivity (Wildman–Crippen MR) is 71.0 cm³/mol. The lowest BCUT2D eigenvalue weighted by molar-refractivity contribution is 0.169. The zero-order valence-electron chi connectivity index (χ0n) is 10.9. The summed E-state index contributed by atoms with van der Waals surface area (Å²) in [5.74, 6) is 0.829. The lowest BCUT2D eigenvalue weighted by Crippen LogP contribution is -2.44. The molecule has 1 aliphatic carbocycles. The lowest BCUT2D eigenvalue weighted by Gasteiger charge is -2.27. The zero-order valence-corrected chi connectivity index (χ0v) is 10.9. The molecule has 1 aliphatic rings. The summed E-state index contributed by atoms with van der Waals surface area (Å²) in [6, 6.07) is 8.90. The third-order valence-electron chi connectivity index (χ3n) is 3.88. The number of benzene rings is 1. The fraction of sp³-hybridized carbons (Fsp3) is 0.600. The Morgan fingerprint density at radius 2 is 1.94 bits per heavy atom. The maximum Gasteiger partial charge on any atom is 0.0610 e. The zero-order chi connectivity index (χ0) is 12.3. The van der Waals surface area contributed by atoms with Crippen LogP contribution in [0.2, 0.25) is 0 Å². The molecule has 2 nitrogen and oxygen atoms in total. The fourth-order valence-corrected chi connectivity index (χ4v) is 1.93. The van der Waals surface area contributed by atoms with Gasteiger partial charge < -0.3 is 10.4 Å². The molecule has 0 aromatic heterocycles. The van der Waals surface area contributed by atoms with Crippen LogP contribution < -0.4 is 5.32 Å². The van der Waals surface area contributed by atoms with Crippen molar-refractivity contribution in [3.05, 3.63) is 35.4 Å². The second-order valence-corrected chi connectivity index (χ2v) is 5.44. The Kier molecular flexibility index (Phi) is 3.85. The van der Waals surface area contributed by atoms with E-state index in [2.05, 4.69) is 43.4 Å². The quantitative estimate of drug-likeness (QED) is 0.792. The van der Waals surface area contributed by atoms with Crippen molar-refractivity contribution >= 4 is 0 Å². The third kappa shape index (κ3) is 3.30. The molecule has 0 saturated heterocycles. The van der Waals surface area contributed by atoms with Crippen molar-refractivity contribution in [3.8, 4) is 0 Å². The first-order chi connectivity index (χ1) is 8.17. The maximum absolute atomic E-state index is 9.33. The van der Waals surface area contributed by atoms with Crippen molar-refractivity contribution < 1.29 is 5.11 Å². The highest BCUT2D eigenvalue weighted by molar-refractivity contribution is 5.28. The van der Waals surface area contributed by atoms with Crippen LogP contribution in [0.4, 0.5) is 0 Å². The molecule has 1 atom stereocenters. The first kappa shape index (κ1) is 12.6. The van der Waals surface area contributed by atoms with Crippen LogP contribution in [-0.4, -0.2) is 17.3 Å². The Hall–Kier alpha value is -0.860. The van der Waals surface area contributed by atoms with Crippen molar-refractivity contribution in [3.63, 3.8) is 0 Å². The van der Waals surface area contributed by atoms with Crippen LogP contribution in [0.15, 0.2) is 24.3 Å². The van der Waals surface area contributed by atoms with Gasteiger partial charge in [-0.15, -0.1) is 0 Å². The minimum absolute atomic E-state index is 0.158. The number of hydrogen-bond donors (Lipinski definition) is 2. The average molecular weight is 233 g/mol. The summed E-state index contributed by atoms with van der Waals surface area (Å²) < 4.78 is 0. The summed E-state index contributed by atoms with van der Waals surface area (Å²) in [6.45, 7) is 5.17. The van der Waals surface area contributed by atoms with Gasteiger partial charge in [-0.1, -0.05) is 31.2 Å². The van der Waals surface area contributed by atoms with Crippen LogP contribution in [0.25, 0.3) is 0 Å². The van der Waals surface area contributed by atoms with Crippen LogP contribution in [0.5, 0.6) is 0 Å². The summed E-state index contributed by atoms with van der Waals surface area (Å²) in [7, 11) is 0. The van der Waals surface area contributed by atoms with Gasteiger partial charge in [0.1, 0.15) is 0 Å². The van der Waals surface area contributed by atoms with E-state index in [-0.39, 0.29) is 12.1 Å². The highest BCUT2D eigenvalue weighted by Gasteiger charge is 2.23.